The lowest BCUT2D eigenvalue weighted by Crippen LogP contribution is -2.50. The summed E-state index contributed by atoms with van der Waals surface area (Å²) in [5, 5.41) is 14.0. The molecule has 0 radical (unpaired) electrons. The highest BCUT2D eigenvalue weighted by atomic mass is 35.5. The number of benzene rings is 2. The fourth-order valence-electron chi connectivity index (χ4n) is 2.98. The van der Waals surface area contributed by atoms with Crippen LogP contribution >= 0.6 is 23.2 Å². The normalized spacial score (nSPS) is 11.7. The van der Waals surface area contributed by atoms with Gasteiger partial charge in [0.2, 0.25) is 5.91 Å². The Balaban J connectivity index is 2.20. The first-order chi connectivity index (χ1) is 14.5. The number of nitrogens with zero attached hydrogens (tertiary/aromatic N) is 2. The molecule has 10 heteroatoms. The van der Waals surface area contributed by atoms with Gasteiger partial charge in [-0.05, 0) is 30.2 Å². The zero-order chi connectivity index (χ0) is 23.3. The van der Waals surface area contributed by atoms with Gasteiger partial charge in [-0.3, -0.25) is 19.7 Å². The number of ether oxygens (including phenoxy) is 1. The number of likely N-dealkylation sites (N-methyl/N-ethyl adjacent to an activating group) is 1. The molecule has 1 N–H and O–H groups in total. The molecular formula is C21H23Cl2N3O5. The van der Waals surface area contributed by atoms with Gasteiger partial charge < -0.3 is 15.0 Å². The molecule has 0 aliphatic carbocycles. The molecule has 1 unspecified atom stereocenters. The molecule has 2 aromatic carbocycles. The van der Waals surface area contributed by atoms with E-state index in [1.54, 1.807) is 39.1 Å². The van der Waals surface area contributed by atoms with Crippen LogP contribution in [0.5, 0.6) is 5.75 Å². The summed E-state index contributed by atoms with van der Waals surface area (Å²) < 4.78 is 5.32. The van der Waals surface area contributed by atoms with E-state index in [4.69, 9.17) is 27.9 Å². The molecule has 0 bridgehead atoms. The highest BCUT2D eigenvalue weighted by Gasteiger charge is 2.28. The molecule has 2 aromatic rings. The standard InChI is InChI=1S/C21H23Cl2N3O5/c1-12(2)19(24-20(27)16-7-6-15(26(29)30)10-17(16)23)21(28)25(3)11-13-9-14(22)5-8-18(13)31-4/h5-10,12,19H,11H2,1-4H3,(H,24,27). The maximum absolute atomic E-state index is 13.1. The summed E-state index contributed by atoms with van der Waals surface area (Å²) in [6.45, 7) is 3.82. The molecule has 0 fully saturated rings. The van der Waals surface area contributed by atoms with Crippen molar-refractivity contribution in [2.75, 3.05) is 14.2 Å². The minimum absolute atomic E-state index is 0.0462. The van der Waals surface area contributed by atoms with Crippen LogP contribution in [0.1, 0.15) is 29.8 Å². The second-order valence-corrected chi connectivity index (χ2v) is 8.11. The van der Waals surface area contributed by atoms with Crippen LogP contribution in [-0.2, 0) is 11.3 Å². The quantitative estimate of drug-likeness (QED) is 0.459. The number of nitro benzene ring substituents is 1. The maximum Gasteiger partial charge on any atom is 0.270 e. The van der Waals surface area contributed by atoms with Gasteiger partial charge in [-0.2, -0.15) is 0 Å². The molecule has 0 heterocycles. The first-order valence-corrected chi connectivity index (χ1v) is 10.1. The van der Waals surface area contributed by atoms with Crippen LogP contribution in [-0.4, -0.2) is 41.8 Å². The fraction of sp³-hybridized carbons (Fsp3) is 0.333. The minimum Gasteiger partial charge on any atom is -0.496 e. The van der Waals surface area contributed by atoms with E-state index in [1.165, 1.54) is 24.1 Å². The summed E-state index contributed by atoms with van der Waals surface area (Å²) in [6, 6.07) is 7.83. The lowest BCUT2D eigenvalue weighted by molar-refractivity contribution is -0.384. The minimum atomic E-state index is -0.839. The van der Waals surface area contributed by atoms with Crippen molar-refractivity contribution in [2.45, 2.75) is 26.4 Å². The molecule has 0 aliphatic heterocycles. The van der Waals surface area contributed by atoms with Gasteiger partial charge in [0.05, 0.1) is 22.6 Å². The molecule has 0 aliphatic rings. The van der Waals surface area contributed by atoms with E-state index in [9.17, 15) is 19.7 Å². The summed E-state index contributed by atoms with van der Waals surface area (Å²) >= 11 is 12.1. The van der Waals surface area contributed by atoms with Gasteiger partial charge in [0.15, 0.2) is 0 Å². The Labute approximate surface area is 190 Å². The van der Waals surface area contributed by atoms with Crippen LogP contribution in [0.25, 0.3) is 0 Å². The second kappa shape index (κ2) is 10.5. The van der Waals surface area contributed by atoms with E-state index in [0.717, 1.165) is 11.6 Å². The molecular weight excluding hydrogens is 445 g/mol. The monoisotopic (exact) mass is 467 g/mol. The van der Waals surface area contributed by atoms with Crippen molar-refractivity contribution in [3.05, 3.63) is 67.7 Å². The smallest absolute Gasteiger partial charge is 0.270 e. The van der Waals surface area contributed by atoms with Crippen LogP contribution < -0.4 is 10.1 Å². The number of nitrogens with one attached hydrogen (secondary N) is 1. The average molecular weight is 468 g/mol. The van der Waals surface area contributed by atoms with Gasteiger partial charge in [-0.1, -0.05) is 37.0 Å². The molecule has 2 rings (SSSR count). The Hall–Kier alpha value is -2.84. The summed E-state index contributed by atoms with van der Waals surface area (Å²) in [4.78, 5) is 37.5. The third kappa shape index (κ3) is 6.08. The van der Waals surface area contributed by atoms with Crippen molar-refractivity contribution in [1.82, 2.24) is 10.2 Å². The van der Waals surface area contributed by atoms with Crippen molar-refractivity contribution in [3.8, 4) is 5.75 Å². The molecule has 0 saturated heterocycles. The van der Waals surface area contributed by atoms with Gasteiger partial charge in [0.1, 0.15) is 11.8 Å². The van der Waals surface area contributed by atoms with E-state index in [1.807, 2.05) is 0 Å². The van der Waals surface area contributed by atoms with Crippen molar-refractivity contribution < 1.29 is 19.2 Å². The SMILES string of the molecule is COc1ccc(Cl)cc1CN(C)C(=O)C(NC(=O)c1ccc([N+](=O)[O-])cc1Cl)C(C)C. The Morgan fingerprint density at radius 1 is 1.19 bits per heavy atom. The molecule has 0 aromatic heterocycles. The molecule has 1 atom stereocenters. The van der Waals surface area contributed by atoms with Crippen LogP contribution in [0.4, 0.5) is 5.69 Å². The molecule has 2 amide bonds. The van der Waals surface area contributed by atoms with Crippen LogP contribution in [0, 0.1) is 16.0 Å². The average Bonchev–Trinajstić information content (AvgIpc) is 2.71. The lowest BCUT2D eigenvalue weighted by Gasteiger charge is -2.27. The van der Waals surface area contributed by atoms with Crippen molar-refractivity contribution in [3.63, 3.8) is 0 Å². The van der Waals surface area contributed by atoms with E-state index in [-0.39, 0.29) is 34.6 Å². The van der Waals surface area contributed by atoms with Crippen LogP contribution in [0.2, 0.25) is 10.0 Å². The van der Waals surface area contributed by atoms with E-state index in [0.29, 0.717) is 10.8 Å². The van der Waals surface area contributed by atoms with E-state index < -0.39 is 16.9 Å². The number of halogens is 2. The molecule has 8 nitrogen and oxygen atoms in total. The number of amides is 2. The predicted molar refractivity (Wildman–Crippen MR) is 119 cm³/mol. The molecule has 0 spiro atoms. The van der Waals surface area contributed by atoms with Crippen molar-refractivity contribution in [1.29, 1.82) is 0 Å². The Morgan fingerprint density at radius 2 is 1.87 bits per heavy atom. The maximum atomic E-state index is 13.1. The Morgan fingerprint density at radius 3 is 2.42 bits per heavy atom. The Kier molecular flexibility index (Phi) is 8.24. The Bertz CT molecular complexity index is 997. The number of non-ortho nitro benzene ring substituents is 1. The summed E-state index contributed by atoms with van der Waals surface area (Å²) in [6.07, 6.45) is 0. The second-order valence-electron chi connectivity index (χ2n) is 7.27. The number of hydrogen-bond donors (Lipinski definition) is 1. The number of hydrogen-bond acceptors (Lipinski definition) is 5. The van der Waals surface area contributed by atoms with E-state index in [2.05, 4.69) is 5.32 Å². The predicted octanol–water partition coefficient (Wildman–Crippen LogP) is 4.32. The zero-order valence-electron chi connectivity index (χ0n) is 17.5. The summed E-state index contributed by atoms with van der Waals surface area (Å²) in [5.74, 6) is -0.548. The first-order valence-electron chi connectivity index (χ1n) is 9.37. The molecule has 166 valence electrons. The number of methoxy groups -OCH3 is 1. The summed E-state index contributed by atoms with van der Waals surface area (Å²) in [7, 11) is 3.14. The van der Waals surface area contributed by atoms with Gasteiger partial charge in [-0.15, -0.1) is 0 Å². The third-order valence-electron chi connectivity index (χ3n) is 4.65. The zero-order valence-corrected chi connectivity index (χ0v) is 19.0. The topological polar surface area (TPSA) is 102 Å². The fourth-order valence-corrected chi connectivity index (χ4v) is 3.43. The van der Waals surface area contributed by atoms with Crippen molar-refractivity contribution in [2.24, 2.45) is 5.92 Å². The number of carbonyl (C=O) groups excluding carboxylic acids is 2. The molecule has 31 heavy (non-hydrogen) atoms. The van der Waals surface area contributed by atoms with Gasteiger partial charge >= 0.3 is 0 Å². The number of carbonyl (C=O) groups is 2. The van der Waals surface area contributed by atoms with E-state index >= 15 is 0 Å². The largest absolute Gasteiger partial charge is 0.496 e. The number of rotatable bonds is 8. The first kappa shape index (κ1) is 24.4. The highest BCUT2D eigenvalue weighted by Crippen LogP contribution is 2.25. The van der Waals surface area contributed by atoms with Gasteiger partial charge in [0.25, 0.3) is 11.6 Å². The summed E-state index contributed by atoms with van der Waals surface area (Å²) in [5.41, 5.74) is 0.538. The molecule has 0 saturated carbocycles. The number of nitro groups is 1. The third-order valence-corrected chi connectivity index (χ3v) is 5.20. The highest BCUT2D eigenvalue weighted by molar-refractivity contribution is 6.34. The van der Waals surface area contributed by atoms with Crippen molar-refractivity contribution >= 4 is 40.7 Å². The lowest BCUT2D eigenvalue weighted by atomic mass is 10.0. The van der Waals surface area contributed by atoms with Gasteiger partial charge in [0, 0.05) is 36.3 Å². The van der Waals surface area contributed by atoms with Crippen LogP contribution in [0.15, 0.2) is 36.4 Å². The van der Waals surface area contributed by atoms with Crippen LogP contribution in [0.3, 0.4) is 0 Å². The van der Waals surface area contributed by atoms with Gasteiger partial charge in [-0.25, -0.2) is 0 Å².